The first-order valence-corrected chi connectivity index (χ1v) is 9.15. The van der Waals surface area contributed by atoms with Crippen LogP contribution in [0.4, 0.5) is 0 Å². The quantitative estimate of drug-likeness (QED) is 0.705. The molecule has 1 saturated carbocycles. The van der Waals surface area contributed by atoms with Gasteiger partial charge in [-0.1, -0.05) is 58.2 Å². The van der Waals surface area contributed by atoms with E-state index in [9.17, 15) is 0 Å². The van der Waals surface area contributed by atoms with E-state index in [4.69, 9.17) is 0 Å². The molecule has 0 heterocycles. The van der Waals surface area contributed by atoms with Crippen molar-refractivity contribution in [3.05, 3.63) is 34.9 Å². The summed E-state index contributed by atoms with van der Waals surface area (Å²) in [6.45, 7) is 7.97. The van der Waals surface area contributed by atoms with E-state index in [0.717, 1.165) is 25.3 Å². The fraction of sp³-hybridized carbons (Fsp3) is 0.700. The Bertz CT molecular complexity index is 418. The van der Waals surface area contributed by atoms with E-state index in [-0.39, 0.29) is 0 Å². The number of aryl methyl sites for hydroxylation is 2. The van der Waals surface area contributed by atoms with Crippen LogP contribution in [-0.2, 0) is 12.8 Å². The van der Waals surface area contributed by atoms with Crippen LogP contribution < -0.4 is 5.32 Å². The first-order chi connectivity index (χ1) is 10.3. The predicted molar refractivity (Wildman–Crippen MR) is 92.8 cm³/mol. The first kappa shape index (κ1) is 16.5. The molecule has 2 rings (SSSR count). The summed E-state index contributed by atoms with van der Waals surface area (Å²) >= 11 is 0. The molecule has 1 heteroatoms. The van der Waals surface area contributed by atoms with Gasteiger partial charge in [-0.05, 0) is 61.3 Å². The zero-order chi connectivity index (χ0) is 15.1. The molecular formula is C20H33N. The molecule has 1 fully saturated rings. The lowest BCUT2D eigenvalue weighted by atomic mass is 9.79. The molecule has 0 aliphatic heterocycles. The van der Waals surface area contributed by atoms with Crippen molar-refractivity contribution in [2.45, 2.75) is 78.2 Å². The Hall–Kier alpha value is -0.820. The van der Waals surface area contributed by atoms with Gasteiger partial charge in [0.2, 0.25) is 0 Å². The summed E-state index contributed by atoms with van der Waals surface area (Å²) in [5, 5.41) is 3.88. The first-order valence-electron chi connectivity index (χ1n) is 9.15. The minimum atomic E-state index is 0.576. The SMILES string of the molecule is CCCNC(c1cc(CC)ccc1CC)C1CCCCC1. The molecule has 1 aliphatic carbocycles. The fourth-order valence-electron chi connectivity index (χ4n) is 3.77. The highest BCUT2D eigenvalue weighted by Gasteiger charge is 2.26. The van der Waals surface area contributed by atoms with Crippen molar-refractivity contribution in [3.63, 3.8) is 0 Å². The van der Waals surface area contributed by atoms with Gasteiger partial charge in [0, 0.05) is 6.04 Å². The lowest BCUT2D eigenvalue weighted by Crippen LogP contribution is -2.31. The van der Waals surface area contributed by atoms with Gasteiger partial charge in [0.15, 0.2) is 0 Å². The molecule has 0 radical (unpaired) electrons. The number of rotatable bonds is 7. The minimum Gasteiger partial charge on any atom is -0.310 e. The molecule has 1 N–H and O–H groups in total. The lowest BCUT2D eigenvalue weighted by molar-refractivity contribution is 0.271. The van der Waals surface area contributed by atoms with Gasteiger partial charge in [-0.15, -0.1) is 0 Å². The van der Waals surface area contributed by atoms with Crippen LogP contribution in [0.5, 0.6) is 0 Å². The summed E-state index contributed by atoms with van der Waals surface area (Å²) in [6, 6.07) is 7.75. The summed E-state index contributed by atoms with van der Waals surface area (Å²) in [6.07, 6.45) is 10.6. The van der Waals surface area contributed by atoms with Gasteiger partial charge in [0.05, 0.1) is 0 Å². The zero-order valence-corrected chi connectivity index (χ0v) is 14.3. The van der Waals surface area contributed by atoms with Crippen molar-refractivity contribution >= 4 is 0 Å². The molecule has 1 nitrogen and oxygen atoms in total. The number of hydrogen-bond donors (Lipinski definition) is 1. The Labute approximate surface area is 131 Å². The van der Waals surface area contributed by atoms with Gasteiger partial charge in [-0.25, -0.2) is 0 Å². The third-order valence-corrected chi connectivity index (χ3v) is 5.07. The van der Waals surface area contributed by atoms with E-state index in [1.807, 2.05) is 0 Å². The molecule has 21 heavy (non-hydrogen) atoms. The maximum Gasteiger partial charge on any atom is 0.0351 e. The standard InChI is InChI=1S/C20H33N/c1-4-14-21-20(18-10-8-7-9-11-18)19-15-16(5-2)12-13-17(19)6-3/h12-13,15,18,20-21H,4-11,14H2,1-3H3. The van der Waals surface area contributed by atoms with Crippen LogP contribution in [0.1, 0.15) is 82.0 Å². The molecule has 0 amide bonds. The summed E-state index contributed by atoms with van der Waals surface area (Å²) in [7, 11) is 0. The van der Waals surface area contributed by atoms with Gasteiger partial charge in [-0.2, -0.15) is 0 Å². The number of hydrogen-bond acceptors (Lipinski definition) is 1. The Morgan fingerprint density at radius 2 is 1.81 bits per heavy atom. The predicted octanol–water partition coefficient (Wildman–Crippen LogP) is 5.43. The third kappa shape index (κ3) is 4.32. The second-order valence-corrected chi connectivity index (χ2v) is 6.57. The van der Waals surface area contributed by atoms with Crippen molar-refractivity contribution in [2.24, 2.45) is 5.92 Å². The van der Waals surface area contributed by atoms with Gasteiger partial charge >= 0.3 is 0 Å². The summed E-state index contributed by atoms with van der Waals surface area (Å²) in [5.74, 6) is 0.836. The largest absolute Gasteiger partial charge is 0.310 e. The third-order valence-electron chi connectivity index (χ3n) is 5.07. The molecule has 118 valence electrons. The Morgan fingerprint density at radius 1 is 1.05 bits per heavy atom. The molecule has 0 aromatic heterocycles. The molecular weight excluding hydrogens is 254 g/mol. The summed E-state index contributed by atoms with van der Waals surface area (Å²) < 4.78 is 0. The Morgan fingerprint density at radius 3 is 2.43 bits per heavy atom. The van der Waals surface area contributed by atoms with E-state index in [0.29, 0.717) is 6.04 Å². The lowest BCUT2D eigenvalue weighted by Gasteiger charge is -2.33. The van der Waals surface area contributed by atoms with E-state index in [2.05, 4.69) is 44.3 Å². The molecule has 1 aliphatic rings. The Kier molecular flexibility index (Phi) is 6.76. The molecule has 0 bridgehead atoms. The molecule has 1 unspecified atom stereocenters. The van der Waals surface area contributed by atoms with Crippen LogP contribution in [0.15, 0.2) is 18.2 Å². The zero-order valence-electron chi connectivity index (χ0n) is 14.3. The average molecular weight is 287 g/mol. The van der Waals surface area contributed by atoms with Gasteiger partial charge < -0.3 is 5.32 Å². The summed E-state index contributed by atoms with van der Waals surface area (Å²) in [5.41, 5.74) is 4.63. The van der Waals surface area contributed by atoms with Crippen molar-refractivity contribution in [3.8, 4) is 0 Å². The van der Waals surface area contributed by atoms with Gasteiger partial charge in [-0.3, -0.25) is 0 Å². The van der Waals surface area contributed by atoms with Crippen LogP contribution >= 0.6 is 0 Å². The van der Waals surface area contributed by atoms with Crippen molar-refractivity contribution in [2.75, 3.05) is 6.54 Å². The molecule has 0 spiro atoms. The van der Waals surface area contributed by atoms with Crippen LogP contribution in [0, 0.1) is 5.92 Å². The van der Waals surface area contributed by atoms with Crippen LogP contribution in [0.25, 0.3) is 0 Å². The van der Waals surface area contributed by atoms with Crippen LogP contribution in [0.2, 0.25) is 0 Å². The van der Waals surface area contributed by atoms with Crippen molar-refractivity contribution in [1.29, 1.82) is 0 Å². The van der Waals surface area contributed by atoms with Crippen LogP contribution in [-0.4, -0.2) is 6.54 Å². The van der Waals surface area contributed by atoms with Crippen molar-refractivity contribution in [1.82, 2.24) is 5.32 Å². The maximum atomic E-state index is 3.88. The topological polar surface area (TPSA) is 12.0 Å². The minimum absolute atomic E-state index is 0.576. The fourth-order valence-corrected chi connectivity index (χ4v) is 3.77. The monoisotopic (exact) mass is 287 g/mol. The number of benzene rings is 1. The highest BCUT2D eigenvalue weighted by molar-refractivity contribution is 5.35. The van der Waals surface area contributed by atoms with E-state index in [1.165, 1.54) is 44.1 Å². The second kappa shape index (κ2) is 8.58. The molecule has 1 aromatic rings. The molecule has 0 saturated heterocycles. The van der Waals surface area contributed by atoms with E-state index < -0.39 is 0 Å². The Balaban J connectivity index is 2.29. The molecule has 1 aromatic carbocycles. The van der Waals surface area contributed by atoms with Crippen LogP contribution in [0.3, 0.4) is 0 Å². The van der Waals surface area contributed by atoms with Gasteiger partial charge in [0.1, 0.15) is 0 Å². The van der Waals surface area contributed by atoms with E-state index in [1.54, 1.807) is 11.1 Å². The maximum absolute atomic E-state index is 3.88. The normalized spacial score (nSPS) is 17.9. The number of nitrogens with one attached hydrogen (secondary N) is 1. The average Bonchev–Trinajstić information content (AvgIpc) is 2.56. The highest BCUT2D eigenvalue weighted by Crippen LogP contribution is 2.36. The highest BCUT2D eigenvalue weighted by atomic mass is 14.9. The second-order valence-electron chi connectivity index (χ2n) is 6.57. The van der Waals surface area contributed by atoms with E-state index >= 15 is 0 Å². The summed E-state index contributed by atoms with van der Waals surface area (Å²) in [4.78, 5) is 0. The van der Waals surface area contributed by atoms with Crippen molar-refractivity contribution < 1.29 is 0 Å². The van der Waals surface area contributed by atoms with Gasteiger partial charge in [0.25, 0.3) is 0 Å². The smallest absolute Gasteiger partial charge is 0.0351 e. The molecule has 1 atom stereocenters.